The number of benzene rings is 1. The lowest BCUT2D eigenvalue weighted by Gasteiger charge is -2.60. The van der Waals surface area contributed by atoms with Gasteiger partial charge in [-0.25, -0.2) is 15.3 Å². The van der Waals surface area contributed by atoms with Crippen molar-refractivity contribution < 1.29 is 14.2 Å². The van der Waals surface area contributed by atoms with Gasteiger partial charge in [0.25, 0.3) is 0 Å². The largest absolute Gasteiger partial charge is 0.493 e. The lowest BCUT2D eigenvalue weighted by Crippen LogP contribution is -2.74. The number of hydrogen-bond donors (Lipinski definition) is 0. The number of nitrogens with zero attached hydrogens (tertiary/aromatic N) is 3. The Morgan fingerprint density at radius 2 is 1.77 bits per heavy atom. The fraction of sp³-hybridized carbons (Fsp3) is 0.750. The van der Waals surface area contributed by atoms with Gasteiger partial charge in [-0.05, 0) is 37.0 Å². The van der Waals surface area contributed by atoms with E-state index in [4.69, 9.17) is 19.5 Å². The second kappa shape index (κ2) is 11.3. The number of methoxy groups -OCH3 is 2. The molecular formula is C24H40N3O3. The van der Waals surface area contributed by atoms with Crippen molar-refractivity contribution in [1.29, 1.82) is 0 Å². The summed E-state index contributed by atoms with van der Waals surface area (Å²) in [7, 11) is 3.35. The lowest BCUT2D eigenvalue weighted by atomic mass is 9.84. The monoisotopic (exact) mass is 418 g/mol. The molecule has 30 heavy (non-hydrogen) atoms. The van der Waals surface area contributed by atoms with Crippen LogP contribution in [0.25, 0.3) is 0 Å². The maximum absolute atomic E-state index is 6.37. The smallest absolute Gasteiger partial charge is 0.161 e. The van der Waals surface area contributed by atoms with Gasteiger partial charge >= 0.3 is 0 Å². The van der Waals surface area contributed by atoms with Gasteiger partial charge in [0.1, 0.15) is 11.8 Å². The first kappa shape index (κ1) is 23.3. The Balaban J connectivity index is 1.82. The van der Waals surface area contributed by atoms with Crippen LogP contribution in [0.4, 0.5) is 0 Å². The van der Waals surface area contributed by atoms with Gasteiger partial charge in [0.2, 0.25) is 0 Å². The van der Waals surface area contributed by atoms with Crippen molar-refractivity contribution in [2.45, 2.75) is 70.6 Å². The maximum Gasteiger partial charge on any atom is 0.161 e. The Morgan fingerprint density at radius 3 is 2.33 bits per heavy atom. The van der Waals surface area contributed by atoms with Gasteiger partial charge in [-0.15, -0.1) is 0 Å². The molecule has 169 valence electrons. The SMILES string of the molecule is CCCCCN(CCCCC)N1CCC12[N]CCOC2c1ccc(OC)c(OC)c1. The number of morpholine rings is 1. The fourth-order valence-electron chi connectivity index (χ4n) is 4.70. The molecular weight excluding hydrogens is 378 g/mol. The lowest BCUT2D eigenvalue weighted by molar-refractivity contribution is -0.259. The van der Waals surface area contributed by atoms with E-state index in [1.165, 1.54) is 38.5 Å². The molecule has 1 radical (unpaired) electrons. The molecule has 2 aliphatic heterocycles. The number of rotatable bonds is 12. The summed E-state index contributed by atoms with van der Waals surface area (Å²) >= 11 is 0. The zero-order valence-electron chi connectivity index (χ0n) is 19.4. The first-order chi connectivity index (χ1) is 14.7. The average Bonchev–Trinajstić information content (AvgIpc) is 2.78. The van der Waals surface area contributed by atoms with Crippen LogP contribution in [0.5, 0.6) is 11.5 Å². The van der Waals surface area contributed by atoms with E-state index >= 15 is 0 Å². The minimum atomic E-state index is -0.295. The molecule has 2 fully saturated rings. The number of ether oxygens (including phenoxy) is 3. The topological polar surface area (TPSA) is 48.3 Å². The van der Waals surface area contributed by atoms with Gasteiger partial charge in [0.05, 0.1) is 20.8 Å². The molecule has 0 aliphatic carbocycles. The van der Waals surface area contributed by atoms with Gasteiger partial charge in [-0.2, -0.15) is 0 Å². The van der Waals surface area contributed by atoms with Gasteiger partial charge in [-0.1, -0.05) is 45.6 Å². The zero-order chi connectivity index (χ0) is 21.4. The van der Waals surface area contributed by atoms with E-state index < -0.39 is 0 Å². The van der Waals surface area contributed by atoms with Crippen LogP contribution < -0.4 is 14.8 Å². The fourth-order valence-corrected chi connectivity index (χ4v) is 4.70. The van der Waals surface area contributed by atoms with Gasteiger partial charge in [0.15, 0.2) is 11.5 Å². The summed E-state index contributed by atoms with van der Waals surface area (Å²) in [6, 6.07) is 6.13. The first-order valence-corrected chi connectivity index (χ1v) is 11.7. The molecule has 2 atom stereocenters. The Bertz CT molecular complexity index is 647. The quantitative estimate of drug-likeness (QED) is 0.472. The van der Waals surface area contributed by atoms with Gasteiger partial charge < -0.3 is 14.2 Å². The number of hydrazine groups is 1. The Hall–Kier alpha value is -1.34. The summed E-state index contributed by atoms with van der Waals surface area (Å²) in [5.74, 6) is 1.49. The van der Waals surface area contributed by atoms with Crippen LogP contribution in [-0.2, 0) is 4.74 Å². The van der Waals surface area contributed by atoms with Crippen LogP contribution in [0.3, 0.4) is 0 Å². The van der Waals surface area contributed by atoms with Crippen molar-refractivity contribution in [2.75, 3.05) is 47.0 Å². The van der Waals surface area contributed by atoms with Crippen LogP contribution in [0.1, 0.15) is 70.5 Å². The Labute approximate surface area is 182 Å². The normalized spacial score (nSPS) is 24.2. The molecule has 1 spiro atoms. The highest BCUT2D eigenvalue weighted by Crippen LogP contribution is 2.46. The summed E-state index contributed by atoms with van der Waals surface area (Å²) < 4.78 is 17.4. The standard InChI is InChI=1S/C24H40N3O3/c1-5-7-9-15-26(16-10-8-6-2)27-17-13-24(27)23(30-18-14-25-24)20-11-12-21(28-3)22(19-20)29-4/h11-12,19,23H,5-10,13-18H2,1-4H3. The Kier molecular flexibility index (Phi) is 8.81. The average molecular weight is 419 g/mol. The molecule has 0 aromatic heterocycles. The third kappa shape index (κ3) is 4.93. The van der Waals surface area contributed by atoms with Crippen LogP contribution in [-0.4, -0.2) is 62.7 Å². The summed E-state index contributed by atoms with van der Waals surface area (Å²) in [6.07, 6.45) is 8.46. The summed E-state index contributed by atoms with van der Waals surface area (Å²) in [5.41, 5.74) is 0.818. The Morgan fingerprint density at radius 1 is 1.07 bits per heavy atom. The van der Waals surface area contributed by atoms with Crippen molar-refractivity contribution in [3.8, 4) is 11.5 Å². The second-order valence-corrected chi connectivity index (χ2v) is 8.37. The molecule has 3 rings (SSSR count). The highest BCUT2D eigenvalue weighted by molar-refractivity contribution is 5.44. The minimum absolute atomic E-state index is 0.0837. The summed E-state index contributed by atoms with van der Waals surface area (Å²) in [4.78, 5) is 0. The van der Waals surface area contributed by atoms with Crippen molar-refractivity contribution in [1.82, 2.24) is 15.3 Å². The van der Waals surface area contributed by atoms with E-state index in [0.29, 0.717) is 6.61 Å². The van der Waals surface area contributed by atoms with E-state index in [1.54, 1.807) is 14.2 Å². The number of hydrogen-bond acceptors (Lipinski definition) is 5. The third-order valence-electron chi connectivity index (χ3n) is 6.41. The predicted octanol–water partition coefficient (Wildman–Crippen LogP) is 4.38. The van der Waals surface area contributed by atoms with E-state index in [0.717, 1.165) is 49.7 Å². The molecule has 0 saturated carbocycles. The first-order valence-electron chi connectivity index (χ1n) is 11.7. The molecule has 0 bridgehead atoms. The molecule has 2 unspecified atom stereocenters. The molecule has 2 heterocycles. The van der Waals surface area contributed by atoms with E-state index in [1.807, 2.05) is 6.07 Å². The third-order valence-corrected chi connectivity index (χ3v) is 6.41. The van der Waals surface area contributed by atoms with Crippen LogP contribution in [0.2, 0.25) is 0 Å². The van der Waals surface area contributed by atoms with Crippen LogP contribution in [0.15, 0.2) is 18.2 Å². The van der Waals surface area contributed by atoms with Crippen molar-refractivity contribution >= 4 is 0 Å². The maximum atomic E-state index is 6.37. The van der Waals surface area contributed by atoms with Gasteiger partial charge in [-0.3, -0.25) is 0 Å². The van der Waals surface area contributed by atoms with Crippen LogP contribution in [0, 0.1) is 0 Å². The predicted molar refractivity (Wildman–Crippen MR) is 120 cm³/mol. The van der Waals surface area contributed by atoms with E-state index in [-0.39, 0.29) is 11.8 Å². The molecule has 2 aliphatic rings. The number of unbranched alkanes of at least 4 members (excludes halogenated alkanes) is 4. The zero-order valence-corrected chi connectivity index (χ0v) is 19.4. The van der Waals surface area contributed by atoms with Crippen molar-refractivity contribution in [3.63, 3.8) is 0 Å². The molecule has 2 saturated heterocycles. The highest BCUT2D eigenvalue weighted by atomic mass is 16.5. The summed E-state index contributed by atoms with van der Waals surface area (Å²) in [6.45, 7) is 9.22. The van der Waals surface area contributed by atoms with Crippen molar-refractivity contribution in [2.24, 2.45) is 0 Å². The molecule has 6 nitrogen and oxygen atoms in total. The second-order valence-electron chi connectivity index (χ2n) is 8.37. The molecule has 1 aromatic carbocycles. The molecule has 0 amide bonds. The van der Waals surface area contributed by atoms with Crippen molar-refractivity contribution in [3.05, 3.63) is 23.8 Å². The highest BCUT2D eigenvalue weighted by Gasteiger charge is 2.56. The van der Waals surface area contributed by atoms with E-state index in [9.17, 15) is 0 Å². The minimum Gasteiger partial charge on any atom is -0.493 e. The van der Waals surface area contributed by atoms with Gasteiger partial charge in [0, 0.05) is 26.2 Å². The van der Waals surface area contributed by atoms with E-state index in [2.05, 4.69) is 36.0 Å². The summed E-state index contributed by atoms with van der Waals surface area (Å²) in [5, 5.41) is 10.3. The molecule has 0 N–H and O–H groups in total. The molecule has 1 aromatic rings. The van der Waals surface area contributed by atoms with Crippen LogP contribution >= 0.6 is 0 Å². The molecule has 6 heteroatoms.